The Hall–Kier alpha value is -2.57. The van der Waals surface area contributed by atoms with Crippen LogP contribution < -0.4 is 4.90 Å². The summed E-state index contributed by atoms with van der Waals surface area (Å²) >= 11 is 1.43. The summed E-state index contributed by atoms with van der Waals surface area (Å²) in [6.07, 6.45) is 3.87. The van der Waals surface area contributed by atoms with E-state index in [9.17, 15) is 9.90 Å². The molecule has 0 unspecified atom stereocenters. The van der Waals surface area contributed by atoms with Crippen molar-refractivity contribution in [2.75, 3.05) is 17.2 Å². The van der Waals surface area contributed by atoms with Gasteiger partial charge in [-0.15, -0.1) is 0 Å². The molecule has 1 aromatic heterocycles. The number of amides is 1. The highest BCUT2D eigenvalue weighted by molar-refractivity contribution is 7.99. The summed E-state index contributed by atoms with van der Waals surface area (Å²) in [5.41, 5.74) is 4.04. The molecule has 4 rings (SSSR count). The van der Waals surface area contributed by atoms with Crippen molar-refractivity contribution in [1.29, 1.82) is 0 Å². The fourth-order valence-electron chi connectivity index (χ4n) is 3.53. The Bertz CT molecular complexity index is 955. The number of para-hydroxylation sites is 1. The van der Waals surface area contributed by atoms with Gasteiger partial charge in [-0.1, -0.05) is 60.3 Å². The quantitative estimate of drug-likeness (QED) is 0.651. The van der Waals surface area contributed by atoms with E-state index in [-0.39, 0.29) is 12.5 Å². The van der Waals surface area contributed by atoms with Crippen LogP contribution in [0.2, 0.25) is 0 Å². The number of hydrogen-bond donors (Lipinski definition) is 1. The number of imidazole rings is 1. The Morgan fingerprint density at radius 3 is 2.71 bits per heavy atom. The van der Waals surface area contributed by atoms with Gasteiger partial charge in [0, 0.05) is 25.0 Å². The highest BCUT2D eigenvalue weighted by Gasteiger charge is 2.22. The molecule has 1 aliphatic rings. The Balaban J connectivity index is 1.48. The van der Waals surface area contributed by atoms with Crippen LogP contribution in [0.3, 0.4) is 0 Å². The zero-order chi connectivity index (χ0) is 19.3. The van der Waals surface area contributed by atoms with Crippen molar-refractivity contribution in [1.82, 2.24) is 9.55 Å². The number of aromatic nitrogens is 2. The summed E-state index contributed by atoms with van der Waals surface area (Å²) in [5.74, 6) is 0.419. The third-order valence-corrected chi connectivity index (χ3v) is 5.86. The summed E-state index contributed by atoms with van der Waals surface area (Å²) in [5, 5.41) is 10.2. The number of rotatable bonds is 6. The number of nitrogens with zero attached hydrogens (tertiary/aromatic N) is 3. The van der Waals surface area contributed by atoms with Crippen molar-refractivity contribution in [3.05, 3.63) is 77.6 Å². The van der Waals surface area contributed by atoms with Gasteiger partial charge >= 0.3 is 0 Å². The van der Waals surface area contributed by atoms with E-state index in [1.54, 1.807) is 0 Å². The highest BCUT2D eigenvalue weighted by atomic mass is 32.2. The third kappa shape index (κ3) is 4.13. The molecule has 0 aliphatic carbocycles. The third-order valence-electron chi connectivity index (χ3n) is 4.88. The normalized spacial score (nSPS) is 13.4. The summed E-state index contributed by atoms with van der Waals surface area (Å²) in [7, 11) is 0. The number of anilines is 1. The average molecular weight is 394 g/mol. The smallest absolute Gasteiger partial charge is 0.237 e. The zero-order valence-corrected chi connectivity index (χ0v) is 16.4. The van der Waals surface area contributed by atoms with E-state index in [0.717, 1.165) is 35.8 Å². The van der Waals surface area contributed by atoms with Crippen molar-refractivity contribution >= 4 is 23.4 Å². The first-order valence-electron chi connectivity index (χ1n) is 9.46. The van der Waals surface area contributed by atoms with E-state index in [1.807, 2.05) is 52.1 Å². The fourth-order valence-corrected chi connectivity index (χ4v) is 4.41. The molecule has 28 heavy (non-hydrogen) atoms. The number of aliphatic hydroxyl groups is 1. The Morgan fingerprint density at radius 2 is 1.89 bits per heavy atom. The van der Waals surface area contributed by atoms with Crippen LogP contribution in [0.25, 0.3) is 0 Å². The molecule has 5 nitrogen and oxygen atoms in total. The summed E-state index contributed by atoms with van der Waals surface area (Å²) in [6, 6.07) is 18.2. The van der Waals surface area contributed by atoms with E-state index in [4.69, 9.17) is 0 Å². The SMILES string of the molecule is O=C(CSc1nc(CO)cn1Cc1ccccc1)N1CCCc2ccccc21. The van der Waals surface area contributed by atoms with Crippen LogP contribution in [0.5, 0.6) is 0 Å². The van der Waals surface area contributed by atoms with Crippen molar-refractivity contribution in [3.63, 3.8) is 0 Å². The Morgan fingerprint density at radius 1 is 1.11 bits per heavy atom. The van der Waals surface area contributed by atoms with Gasteiger partial charge in [0.1, 0.15) is 0 Å². The first kappa shape index (κ1) is 18.8. The van der Waals surface area contributed by atoms with E-state index in [0.29, 0.717) is 18.0 Å². The van der Waals surface area contributed by atoms with Crippen LogP contribution in [0.15, 0.2) is 66.0 Å². The summed E-state index contributed by atoms with van der Waals surface area (Å²) < 4.78 is 2.00. The lowest BCUT2D eigenvalue weighted by molar-refractivity contribution is -0.116. The monoisotopic (exact) mass is 393 g/mol. The number of benzene rings is 2. The molecular weight excluding hydrogens is 370 g/mol. The molecule has 144 valence electrons. The van der Waals surface area contributed by atoms with Gasteiger partial charge in [-0.3, -0.25) is 4.79 Å². The first-order valence-corrected chi connectivity index (χ1v) is 10.4. The topological polar surface area (TPSA) is 58.4 Å². The van der Waals surface area contributed by atoms with Gasteiger partial charge < -0.3 is 14.6 Å². The first-order chi connectivity index (χ1) is 13.7. The second kappa shape index (κ2) is 8.63. The highest BCUT2D eigenvalue weighted by Crippen LogP contribution is 2.28. The zero-order valence-electron chi connectivity index (χ0n) is 15.6. The number of thioether (sulfide) groups is 1. The van der Waals surface area contributed by atoms with Crippen LogP contribution in [-0.4, -0.2) is 32.9 Å². The number of carbonyl (C=O) groups excluding carboxylic acids is 1. The van der Waals surface area contributed by atoms with Crippen LogP contribution in [0, 0.1) is 0 Å². The van der Waals surface area contributed by atoms with Gasteiger partial charge in [-0.2, -0.15) is 0 Å². The molecule has 1 amide bonds. The molecule has 1 N–H and O–H groups in total. The Kier molecular flexibility index (Phi) is 5.78. The lowest BCUT2D eigenvalue weighted by atomic mass is 10.0. The second-order valence-corrected chi connectivity index (χ2v) is 7.80. The lowest BCUT2D eigenvalue weighted by Gasteiger charge is -2.29. The standard InChI is InChI=1S/C22H23N3O2S/c26-15-19-14-24(13-17-7-2-1-3-8-17)22(23-19)28-16-21(27)25-12-6-10-18-9-4-5-11-20(18)25/h1-5,7-9,11,14,26H,6,10,12-13,15-16H2. The van der Waals surface area contributed by atoms with E-state index < -0.39 is 0 Å². The molecule has 6 heteroatoms. The maximum atomic E-state index is 12.9. The van der Waals surface area contributed by atoms with Gasteiger partial charge in [-0.05, 0) is 30.0 Å². The summed E-state index contributed by atoms with van der Waals surface area (Å²) in [4.78, 5) is 19.3. The number of aliphatic hydroxyl groups excluding tert-OH is 1. The maximum absolute atomic E-state index is 12.9. The number of hydrogen-bond acceptors (Lipinski definition) is 4. The minimum Gasteiger partial charge on any atom is -0.390 e. The van der Waals surface area contributed by atoms with E-state index in [2.05, 4.69) is 23.2 Å². The molecule has 3 aromatic rings. The van der Waals surface area contributed by atoms with Crippen LogP contribution in [0.4, 0.5) is 5.69 Å². The molecular formula is C22H23N3O2S. The van der Waals surface area contributed by atoms with Crippen molar-refractivity contribution in [3.8, 4) is 0 Å². The molecule has 1 aliphatic heterocycles. The number of carbonyl (C=O) groups is 1. The van der Waals surface area contributed by atoms with Crippen LogP contribution in [-0.2, 0) is 24.4 Å². The molecule has 2 heterocycles. The molecule has 0 spiro atoms. The van der Waals surface area contributed by atoms with Gasteiger partial charge in [0.25, 0.3) is 0 Å². The predicted molar refractivity (Wildman–Crippen MR) is 112 cm³/mol. The van der Waals surface area contributed by atoms with E-state index >= 15 is 0 Å². The average Bonchev–Trinajstić information content (AvgIpc) is 3.14. The second-order valence-electron chi connectivity index (χ2n) is 6.85. The fraction of sp³-hybridized carbons (Fsp3) is 0.273. The minimum atomic E-state index is -0.108. The minimum absolute atomic E-state index is 0.0944. The molecule has 0 bridgehead atoms. The van der Waals surface area contributed by atoms with Crippen LogP contribution >= 0.6 is 11.8 Å². The molecule has 2 aromatic carbocycles. The Labute approximate surface area is 169 Å². The van der Waals surface area contributed by atoms with Gasteiger partial charge in [-0.25, -0.2) is 4.98 Å². The lowest BCUT2D eigenvalue weighted by Crippen LogP contribution is -2.36. The predicted octanol–water partition coefficient (Wildman–Crippen LogP) is 3.50. The van der Waals surface area contributed by atoms with Gasteiger partial charge in [0.15, 0.2) is 5.16 Å². The summed E-state index contributed by atoms with van der Waals surface area (Å²) in [6.45, 7) is 1.32. The molecule has 0 saturated carbocycles. The largest absolute Gasteiger partial charge is 0.390 e. The number of fused-ring (bicyclic) bond motifs is 1. The molecule has 0 atom stereocenters. The molecule has 0 fully saturated rings. The van der Waals surface area contributed by atoms with Gasteiger partial charge in [0.05, 0.1) is 18.1 Å². The number of aryl methyl sites for hydroxylation is 1. The maximum Gasteiger partial charge on any atom is 0.237 e. The molecule has 0 radical (unpaired) electrons. The van der Waals surface area contributed by atoms with Crippen LogP contribution in [0.1, 0.15) is 23.2 Å². The molecule has 0 saturated heterocycles. The van der Waals surface area contributed by atoms with E-state index in [1.165, 1.54) is 17.3 Å². The van der Waals surface area contributed by atoms with Gasteiger partial charge in [0.2, 0.25) is 5.91 Å². The van der Waals surface area contributed by atoms with Crippen molar-refractivity contribution < 1.29 is 9.90 Å². The van der Waals surface area contributed by atoms with Crippen molar-refractivity contribution in [2.24, 2.45) is 0 Å². The van der Waals surface area contributed by atoms with Crippen molar-refractivity contribution in [2.45, 2.75) is 31.1 Å².